The number of benzene rings is 5. The van der Waals surface area contributed by atoms with Gasteiger partial charge in [-0.25, -0.2) is 9.97 Å². The number of para-hydroxylation sites is 3. The van der Waals surface area contributed by atoms with Gasteiger partial charge in [-0.2, -0.15) is 0 Å². The fraction of sp³-hybridized carbons (Fsp3) is 0.149. The summed E-state index contributed by atoms with van der Waals surface area (Å²) < 4.78 is 11.1. The summed E-state index contributed by atoms with van der Waals surface area (Å²) in [5.74, 6) is 2.13. The van der Waals surface area contributed by atoms with Gasteiger partial charge in [0.25, 0.3) is 0 Å². The van der Waals surface area contributed by atoms with Gasteiger partial charge in [-0.05, 0) is 88.8 Å². The number of nitrogens with zero attached hydrogens (tertiary/aromatic N) is 6. The van der Waals surface area contributed by atoms with Gasteiger partial charge >= 0.3 is 0 Å². The van der Waals surface area contributed by atoms with Gasteiger partial charge in [0.05, 0.1) is 29.1 Å². The maximum atomic E-state index is 6.56. The Hall–Kier alpha value is -6.60. The predicted molar refractivity (Wildman–Crippen MR) is 223 cm³/mol. The summed E-state index contributed by atoms with van der Waals surface area (Å²) in [4.78, 5) is 14.1. The third kappa shape index (κ3) is 5.03. The molecule has 0 amide bonds. The normalized spacial score (nSPS) is 13.1. The van der Waals surface area contributed by atoms with Crippen molar-refractivity contribution in [2.75, 3.05) is 23.5 Å². The molecule has 54 heavy (non-hydrogen) atoms. The van der Waals surface area contributed by atoms with Gasteiger partial charge in [0.15, 0.2) is 0 Å². The van der Waals surface area contributed by atoms with E-state index in [1.807, 2.05) is 24.5 Å². The number of anilines is 3. The van der Waals surface area contributed by atoms with E-state index in [1.165, 1.54) is 49.9 Å². The number of hydrogen-bond donors (Lipinski definition) is 0. The number of aryl methyl sites for hydroxylation is 1. The van der Waals surface area contributed by atoms with Crippen molar-refractivity contribution in [3.8, 4) is 28.6 Å². The summed E-state index contributed by atoms with van der Waals surface area (Å²) in [6.07, 6.45) is 3.74. The highest BCUT2D eigenvalue weighted by Gasteiger charge is 2.25. The van der Waals surface area contributed by atoms with Gasteiger partial charge in [-0.3, -0.25) is 4.57 Å². The molecule has 0 fully saturated rings. The van der Waals surface area contributed by atoms with Crippen molar-refractivity contribution in [1.82, 2.24) is 19.1 Å². The lowest BCUT2D eigenvalue weighted by atomic mass is 9.88. The summed E-state index contributed by atoms with van der Waals surface area (Å²) in [5.41, 5.74) is 11.6. The van der Waals surface area contributed by atoms with E-state index in [0.29, 0.717) is 11.6 Å². The Kier molecular flexibility index (Phi) is 7.11. The monoisotopic (exact) mass is 704 g/mol. The van der Waals surface area contributed by atoms with Crippen molar-refractivity contribution in [3.05, 3.63) is 145 Å². The van der Waals surface area contributed by atoms with Crippen LogP contribution in [0.25, 0.3) is 60.6 Å². The summed E-state index contributed by atoms with van der Waals surface area (Å²) in [6.45, 7) is 7.48. The Bertz CT molecular complexity index is 2930. The first-order valence-electron chi connectivity index (χ1n) is 18.5. The van der Waals surface area contributed by atoms with Gasteiger partial charge in [-0.1, -0.05) is 69.3 Å². The van der Waals surface area contributed by atoms with Crippen LogP contribution in [0.2, 0.25) is 0 Å². The standard InChI is InChI=1S/C47H40N6O/c1-47(2,3)31-21-23-48-44(26-31)53-39-20-17-30(34-12-10-16-42-46(34)36-11-6-7-13-38(36)51(42)5)25-37(39)35-19-18-33(28-43(35)53)54-45-27-32(22-24-49-45)52-29-50(4)40-14-8-9-15-41(40)52/h6-28H,29H2,1-5H3. The lowest BCUT2D eigenvalue weighted by Crippen LogP contribution is -2.23. The van der Waals surface area contributed by atoms with Crippen molar-refractivity contribution >= 4 is 60.7 Å². The van der Waals surface area contributed by atoms with Crippen molar-refractivity contribution in [1.29, 1.82) is 0 Å². The molecule has 10 rings (SSSR count). The fourth-order valence-corrected chi connectivity index (χ4v) is 8.28. The Morgan fingerprint density at radius 2 is 1.41 bits per heavy atom. The Balaban J connectivity index is 1.12. The summed E-state index contributed by atoms with van der Waals surface area (Å²) >= 11 is 0. The summed E-state index contributed by atoms with van der Waals surface area (Å²) in [6, 6.07) is 45.3. The van der Waals surface area contributed by atoms with E-state index in [4.69, 9.17) is 9.72 Å². The molecular weight excluding hydrogens is 665 g/mol. The lowest BCUT2D eigenvalue weighted by molar-refractivity contribution is 0.463. The minimum atomic E-state index is -0.0314. The minimum absolute atomic E-state index is 0.0314. The third-order valence-corrected chi connectivity index (χ3v) is 11.0. The van der Waals surface area contributed by atoms with Crippen LogP contribution in [-0.4, -0.2) is 32.8 Å². The van der Waals surface area contributed by atoms with Gasteiger partial charge in [0.1, 0.15) is 11.6 Å². The van der Waals surface area contributed by atoms with Crippen LogP contribution in [0.4, 0.5) is 17.1 Å². The predicted octanol–water partition coefficient (Wildman–Crippen LogP) is 11.5. The number of aromatic nitrogens is 4. The second kappa shape index (κ2) is 12.0. The molecule has 0 atom stereocenters. The SMILES string of the molecule is CN1CN(c2ccnc(Oc3ccc4c5cc(-c6cccc7c6c6ccccc6n7C)ccc5n(-c5cc(C(C)(C)C)ccn5)c4c3)c2)c2ccccc21. The first kappa shape index (κ1) is 32.1. The third-order valence-electron chi connectivity index (χ3n) is 11.0. The number of fused-ring (bicyclic) bond motifs is 7. The Morgan fingerprint density at radius 3 is 2.28 bits per heavy atom. The van der Waals surface area contributed by atoms with Crippen molar-refractivity contribution < 1.29 is 4.74 Å². The molecule has 0 saturated heterocycles. The van der Waals surface area contributed by atoms with Gasteiger partial charge in [-0.15, -0.1) is 0 Å². The highest BCUT2D eigenvalue weighted by atomic mass is 16.5. The molecule has 0 saturated carbocycles. The highest BCUT2D eigenvalue weighted by Crippen LogP contribution is 2.42. The van der Waals surface area contributed by atoms with E-state index in [-0.39, 0.29) is 5.41 Å². The van der Waals surface area contributed by atoms with Crippen LogP contribution in [0.5, 0.6) is 11.6 Å². The molecular formula is C47H40N6O. The van der Waals surface area contributed by atoms with Crippen molar-refractivity contribution in [2.24, 2.45) is 7.05 Å². The van der Waals surface area contributed by atoms with Crippen molar-refractivity contribution in [3.63, 3.8) is 0 Å². The van der Waals surface area contributed by atoms with E-state index >= 15 is 0 Å². The largest absolute Gasteiger partial charge is 0.439 e. The van der Waals surface area contributed by atoms with Crippen LogP contribution in [0, 0.1) is 0 Å². The van der Waals surface area contributed by atoms with Crippen LogP contribution in [0.1, 0.15) is 26.3 Å². The van der Waals surface area contributed by atoms with Gasteiger partial charge in [0, 0.05) is 76.9 Å². The molecule has 0 N–H and O–H groups in total. The van der Waals surface area contributed by atoms with E-state index in [0.717, 1.165) is 40.0 Å². The number of pyridine rings is 2. The zero-order chi connectivity index (χ0) is 36.7. The van der Waals surface area contributed by atoms with E-state index < -0.39 is 0 Å². The number of hydrogen-bond acceptors (Lipinski definition) is 5. The average Bonchev–Trinajstić information content (AvgIpc) is 3.81. The van der Waals surface area contributed by atoms with Crippen LogP contribution in [0.3, 0.4) is 0 Å². The van der Waals surface area contributed by atoms with E-state index in [9.17, 15) is 0 Å². The second-order valence-corrected chi connectivity index (χ2v) is 15.4. The number of ether oxygens (including phenoxy) is 1. The van der Waals surface area contributed by atoms with E-state index in [1.54, 1.807) is 0 Å². The molecule has 7 heteroatoms. The quantitative estimate of drug-likeness (QED) is 0.178. The molecule has 5 aromatic carbocycles. The minimum Gasteiger partial charge on any atom is -0.439 e. The molecule has 7 nitrogen and oxygen atoms in total. The smallest absolute Gasteiger partial charge is 0.221 e. The maximum Gasteiger partial charge on any atom is 0.221 e. The van der Waals surface area contributed by atoms with Gasteiger partial charge < -0.3 is 19.1 Å². The zero-order valence-electron chi connectivity index (χ0n) is 31.1. The van der Waals surface area contributed by atoms with Crippen LogP contribution in [-0.2, 0) is 12.5 Å². The molecule has 0 bridgehead atoms. The Labute approximate surface area is 314 Å². The topological polar surface area (TPSA) is 51.4 Å². The zero-order valence-corrected chi connectivity index (χ0v) is 31.1. The fourth-order valence-electron chi connectivity index (χ4n) is 8.28. The lowest BCUT2D eigenvalue weighted by Gasteiger charge is -2.20. The number of rotatable bonds is 5. The molecule has 1 aliphatic rings. The molecule has 264 valence electrons. The molecule has 0 spiro atoms. The van der Waals surface area contributed by atoms with Gasteiger partial charge in [0.2, 0.25) is 5.88 Å². The molecule has 9 aromatic rings. The van der Waals surface area contributed by atoms with E-state index in [2.05, 4.69) is 174 Å². The van der Waals surface area contributed by atoms with Crippen LogP contribution >= 0.6 is 0 Å². The highest BCUT2D eigenvalue weighted by molar-refractivity contribution is 6.16. The van der Waals surface area contributed by atoms with Crippen molar-refractivity contribution in [2.45, 2.75) is 26.2 Å². The first-order chi connectivity index (χ1) is 26.2. The second-order valence-electron chi connectivity index (χ2n) is 15.4. The molecule has 0 aliphatic carbocycles. The van der Waals surface area contributed by atoms with Crippen LogP contribution in [0.15, 0.2) is 140 Å². The first-order valence-corrected chi connectivity index (χ1v) is 18.5. The molecule has 5 heterocycles. The molecule has 0 radical (unpaired) electrons. The maximum absolute atomic E-state index is 6.56. The molecule has 1 aliphatic heterocycles. The molecule has 4 aromatic heterocycles. The van der Waals surface area contributed by atoms with Crippen LogP contribution < -0.4 is 14.5 Å². The summed E-state index contributed by atoms with van der Waals surface area (Å²) in [5, 5.41) is 4.82. The molecule has 0 unspecified atom stereocenters. The summed E-state index contributed by atoms with van der Waals surface area (Å²) in [7, 11) is 4.27. The Morgan fingerprint density at radius 1 is 0.611 bits per heavy atom. The average molecular weight is 705 g/mol.